The number of hydrogen-bond donors (Lipinski definition) is 2. The Bertz CT molecular complexity index is 538. The average Bonchev–Trinajstić information content (AvgIpc) is 2.38. The molecule has 1 aliphatic rings. The largest absolute Gasteiger partial charge is 0.313 e. The highest BCUT2D eigenvalue weighted by atomic mass is 127. The summed E-state index contributed by atoms with van der Waals surface area (Å²) in [5, 5.41) is 3.20. The first-order chi connectivity index (χ1) is 8.58. The molecule has 1 heterocycles. The summed E-state index contributed by atoms with van der Waals surface area (Å²) in [6.45, 7) is 2.13. The monoisotopic (exact) mass is 378 g/mol. The van der Waals surface area contributed by atoms with E-state index in [-0.39, 0.29) is 0 Å². The van der Waals surface area contributed by atoms with Gasteiger partial charge in [0.25, 0.3) is 0 Å². The van der Waals surface area contributed by atoms with Gasteiger partial charge in [-0.25, -0.2) is 13.1 Å². The first-order valence-corrected chi connectivity index (χ1v) is 8.28. The van der Waals surface area contributed by atoms with Crippen LogP contribution in [0.4, 0.5) is 0 Å². The van der Waals surface area contributed by atoms with Crippen LogP contribution in [0.3, 0.4) is 0 Å². The molecule has 4 nitrogen and oxygen atoms in total. The van der Waals surface area contributed by atoms with E-state index in [9.17, 15) is 8.42 Å². The summed E-state index contributed by atoms with van der Waals surface area (Å²) in [7, 11) is -3.39. The Morgan fingerprint density at radius 1 is 1.28 bits per heavy atom. The van der Waals surface area contributed by atoms with Crippen molar-refractivity contribution >= 4 is 32.6 Å². The normalized spacial score (nSPS) is 16.4. The van der Waals surface area contributed by atoms with Gasteiger partial charge in [0.15, 0.2) is 0 Å². The Morgan fingerprint density at radius 2 is 2.00 bits per heavy atom. The number of sulfonamides is 1. The van der Waals surface area contributed by atoms with Crippen molar-refractivity contribution < 1.29 is 8.42 Å². The second-order valence-corrected chi connectivity index (χ2v) is 7.11. The fourth-order valence-electron chi connectivity index (χ4n) is 1.71. The smallest absolute Gasteiger partial charge is 0.240 e. The molecule has 1 aromatic rings. The average molecular weight is 378 g/mol. The maximum Gasteiger partial charge on any atom is 0.240 e. The quantitative estimate of drug-likeness (QED) is 0.617. The topological polar surface area (TPSA) is 58.2 Å². The Hall–Kier alpha value is -0.440. The van der Waals surface area contributed by atoms with Crippen LogP contribution in [0.5, 0.6) is 0 Å². The van der Waals surface area contributed by atoms with Crippen molar-refractivity contribution in [2.45, 2.75) is 11.3 Å². The van der Waals surface area contributed by atoms with Crippen molar-refractivity contribution in [3.8, 4) is 0 Å². The molecule has 0 radical (unpaired) electrons. The molecule has 0 saturated heterocycles. The first kappa shape index (κ1) is 14.0. The molecule has 0 aliphatic carbocycles. The standard InChI is InChI=1S/C12H15IN2O2S/c13-11-1-3-12(4-2-11)18(16,17)15-9-10-5-7-14-8-6-10/h1-5,14-15H,6-9H2. The van der Waals surface area contributed by atoms with E-state index >= 15 is 0 Å². The Balaban J connectivity index is 2.03. The van der Waals surface area contributed by atoms with Crippen molar-refractivity contribution in [3.63, 3.8) is 0 Å². The zero-order valence-corrected chi connectivity index (χ0v) is 12.8. The van der Waals surface area contributed by atoms with Gasteiger partial charge in [-0.2, -0.15) is 0 Å². The maximum atomic E-state index is 12.0. The minimum absolute atomic E-state index is 0.317. The van der Waals surface area contributed by atoms with Gasteiger partial charge in [-0.15, -0.1) is 0 Å². The third-order valence-electron chi connectivity index (χ3n) is 2.77. The molecule has 1 aromatic carbocycles. The van der Waals surface area contributed by atoms with E-state index in [2.05, 4.69) is 32.6 Å². The highest BCUT2D eigenvalue weighted by Gasteiger charge is 2.14. The minimum Gasteiger partial charge on any atom is -0.313 e. The lowest BCUT2D eigenvalue weighted by molar-refractivity contribution is 0.582. The zero-order chi connectivity index (χ0) is 13.0. The van der Waals surface area contributed by atoms with Crippen LogP contribution >= 0.6 is 22.6 Å². The van der Waals surface area contributed by atoms with Crippen molar-refractivity contribution in [1.29, 1.82) is 0 Å². The third-order valence-corrected chi connectivity index (χ3v) is 4.91. The highest BCUT2D eigenvalue weighted by Crippen LogP contribution is 2.12. The number of rotatable bonds is 4. The Morgan fingerprint density at radius 3 is 2.61 bits per heavy atom. The molecular formula is C12H15IN2O2S. The van der Waals surface area contributed by atoms with E-state index < -0.39 is 10.0 Å². The molecule has 0 unspecified atom stereocenters. The van der Waals surface area contributed by atoms with Crippen LogP contribution in [0.15, 0.2) is 40.8 Å². The van der Waals surface area contributed by atoms with Gasteiger partial charge < -0.3 is 5.32 Å². The molecule has 0 bridgehead atoms. The maximum absolute atomic E-state index is 12.0. The van der Waals surface area contributed by atoms with Crippen molar-refractivity contribution in [3.05, 3.63) is 39.5 Å². The SMILES string of the molecule is O=S(=O)(NCC1=CCNCC1)c1ccc(I)cc1. The van der Waals surface area contributed by atoms with Crippen LogP contribution in [0.2, 0.25) is 0 Å². The number of nitrogens with one attached hydrogen (secondary N) is 2. The van der Waals surface area contributed by atoms with E-state index in [4.69, 9.17) is 0 Å². The number of halogens is 1. The molecule has 1 aliphatic heterocycles. The minimum atomic E-state index is -3.39. The summed E-state index contributed by atoms with van der Waals surface area (Å²) in [5.41, 5.74) is 1.14. The third kappa shape index (κ3) is 3.78. The van der Waals surface area contributed by atoms with E-state index in [1.807, 2.05) is 6.08 Å². The molecule has 0 saturated carbocycles. The van der Waals surface area contributed by atoms with E-state index in [0.717, 1.165) is 28.7 Å². The summed E-state index contributed by atoms with van der Waals surface area (Å²) in [4.78, 5) is 0.317. The second kappa shape index (κ2) is 6.14. The lowest BCUT2D eigenvalue weighted by Crippen LogP contribution is -2.29. The van der Waals surface area contributed by atoms with Gasteiger partial charge in [0.05, 0.1) is 4.90 Å². The summed E-state index contributed by atoms with van der Waals surface area (Å²) < 4.78 is 27.7. The summed E-state index contributed by atoms with van der Waals surface area (Å²) >= 11 is 2.15. The summed E-state index contributed by atoms with van der Waals surface area (Å²) in [6.07, 6.45) is 2.94. The van der Waals surface area contributed by atoms with Gasteiger partial charge in [-0.3, -0.25) is 0 Å². The van der Waals surface area contributed by atoms with Crippen LogP contribution in [0.1, 0.15) is 6.42 Å². The van der Waals surface area contributed by atoms with Gasteiger partial charge in [0.1, 0.15) is 0 Å². The molecule has 2 rings (SSSR count). The van der Waals surface area contributed by atoms with Gasteiger partial charge >= 0.3 is 0 Å². The van der Waals surface area contributed by atoms with Crippen LogP contribution in [-0.4, -0.2) is 28.1 Å². The van der Waals surface area contributed by atoms with Crippen molar-refractivity contribution in [2.24, 2.45) is 0 Å². The molecule has 98 valence electrons. The fraction of sp³-hybridized carbons (Fsp3) is 0.333. The molecule has 0 aromatic heterocycles. The lowest BCUT2D eigenvalue weighted by Gasteiger charge is -2.14. The van der Waals surface area contributed by atoms with Crippen molar-refractivity contribution in [2.75, 3.05) is 19.6 Å². The Labute approximate surface area is 121 Å². The number of benzene rings is 1. The van der Waals surface area contributed by atoms with Gasteiger partial charge in [0, 0.05) is 16.7 Å². The predicted octanol–water partition coefficient (Wildman–Crippen LogP) is 1.49. The summed E-state index contributed by atoms with van der Waals surface area (Å²) in [6, 6.07) is 6.83. The molecule has 2 N–H and O–H groups in total. The Kier molecular flexibility index (Phi) is 4.77. The van der Waals surface area contributed by atoms with Crippen LogP contribution in [0, 0.1) is 3.57 Å². The second-order valence-electron chi connectivity index (χ2n) is 4.09. The molecule has 0 spiro atoms. The van der Waals surface area contributed by atoms with E-state index in [1.165, 1.54) is 0 Å². The molecule has 0 fully saturated rings. The van der Waals surface area contributed by atoms with Gasteiger partial charge in [-0.1, -0.05) is 11.6 Å². The van der Waals surface area contributed by atoms with Crippen LogP contribution < -0.4 is 10.0 Å². The van der Waals surface area contributed by atoms with Gasteiger partial charge in [-0.05, 0) is 59.8 Å². The number of hydrogen-bond acceptors (Lipinski definition) is 3. The molecular weight excluding hydrogens is 363 g/mol. The molecule has 0 amide bonds. The van der Waals surface area contributed by atoms with Crippen LogP contribution in [-0.2, 0) is 10.0 Å². The summed E-state index contributed by atoms with van der Waals surface area (Å²) in [5.74, 6) is 0. The van der Waals surface area contributed by atoms with E-state index in [1.54, 1.807) is 24.3 Å². The molecule has 0 atom stereocenters. The highest BCUT2D eigenvalue weighted by molar-refractivity contribution is 14.1. The van der Waals surface area contributed by atoms with Gasteiger partial charge in [0.2, 0.25) is 10.0 Å². The lowest BCUT2D eigenvalue weighted by atomic mass is 10.1. The van der Waals surface area contributed by atoms with Crippen LogP contribution in [0.25, 0.3) is 0 Å². The predicted molar refractivity (Wildman–Crippen MR) is 79.9 cm³/mol. The van der Waals surface area contributed by atoms with E-state index in [0.29, 0.717) is 11.4 Å². The zero-order valence-electron chi connectivity index (χ0n) is 9.82. The first-order valence-electron chi connectivity index (χ1n) is 5.72. The molecule has 6 heteroatoms. The molecule has 18 heavy (non-hydrogen) atoms. The van der Waals surface area contributed by atoms with Crippen molar-refractivity contribution in [1.82, 2.24) is 10.0 Å². The fourth-order valence-corrected chi connectivity index (χ4v) is 3.11.